The van der Waals surface area contributed by atoms with E-state index >= 15 is 0 Å². The summed E-state index contributed by atoms with van der Waals surface area (Å²) < 4.78 is 51.6. The third kappa shape index (κ3) is 7.03. The highest BCUT2D eigenvalue weighted by Crippen LogP contribution is 2.50. The molecule has 1 spiro atoms. The van der Waals surface area contributed by atoms with Crippen LogP contribution in [0.25, 0.3) is 0 Å². The van der Waals surface area contributed by atoms with Crippen molar-refractivity contribution in [2.75, 3.05) is 13.2 Å². The first-order valence-electron chi connectivity index (χ1n) is 11.6. The molecular weight excluding hydrogens is 450 g/mol. The Morgan fingerprint density at radius 1 is 1.00 bits per heavy atom. The molecule has 0 aromatic heterocycles. The molecule has 0 radical (unpaired) electrons. The van der Waals surface area contributed by atoms with Crippen LogP contribution in [0.15, 0.2) is 54.6 Å². The van der Waals surface area contributed by atoms with Crippen LogP contribution in [-0.4, -0.2) is 36.0 Å². The van der Waals surface area contributed by atoms with Gasteiger partial charge in [0.05, 0.1) is 5.60 Å². The van der Waals surface area contributed by atoms with E-state index in [1.54, 1.807) is 12.1 Å². The van der Waals surface area contributed by atoms with Gasteiger partial charge in [0, 0.05) is 18.6 Å². The lowest BCUT2D eigenvalue weighted by Crippen LogP contribution is -2.47. The van der Waals surface area contributed by atoms with Crippen molar-refractivity contribution in [1.29, 1.82) is 0 Å². The van der Waals surface area contributed by atoms with E-state index in [1.165, 1.54) is 36.8 Å². The predicted octanol–water partition coefficient (Wildman–Crippen LogP) is 6.00. The van der Waals surface area contributed by atoms with Crippen molar-refractivity contribution in [2.45, 2.75) is 68.7 Å². The molecule has 186 valence electrons. The molecule has 1 aliphatic heterocycles. The number of nitrogens with one attached hydrogen (secondary N) is 1. The van der Waals surface area contributed by atoms with Crippen molar-refractivity contribution < 1.29 is 32.2 Å². The number of hydrogen-bond donors (Lipinski definition) is 2. The summed E-state index contributed by atoms with van der Waals surface area (Å²) in [5.41, 5.74) is 2.72. The van der Waals surface area contributed by atoms with Gasteiger partial charge in [-0.1, -0.05) is 55.3 Å². The fraction of sp³-hybridized carbons (Fsp3) is 0.500. The first kappa shape index (κ1) is 26.2. The second-order valence-corrected chi connectivity index (χ2v) is 9.17. The summed E-state index contributed by atoms with van der Waals surface area (Å²) >= 11 is 0. The molecule has 2 aliphatic rings. The van der Waals surface area contributed by atoms with Gasteiger partial charge in [0.1, 0.15) is 5.82 Å². The molecule has 0 amide bonds. The van der Waals surface area contributed by atoms with Gasteiger partial charge in [0.25, 0.3) is 0 Å². The number of alkyl halides is 3. The van der Waals surface area contributed by atoms with Crippen LogP contribution in [0.4, 0.5) is 17.6 Å². The van der Waals surface area contributed by atoms with E-state index in [1.807, 2.05) is 12.1 Å². The summed E-state index contributed by atoms with van der Waals surface area (Å²) in [5, 5.41) is 10.7. The zero-order chi connectivity index (χ0) is 24.7. The Kier molecular flexibility index (Phi) is 8.71. The number of hydrogen-bond acceptors (Lipinski definition) is 3. The van der Waals surface area contributed by atoms with E-state index < -0.39 is 12.1 Å². The van der Waals surface area contributed by atoms with Gasteiger partial charge >= 0.3 is 12.1 Å². The molecule has 2 aromatic rings. The van der Waals surface area contributed by atoms with E-state index in [0.29, 0.717) is 0 Å². The zero-order valence-electron chi connectivity index (χ0n) is 19.0. The van der Waals surface area contributed by atoms with Crippen LogP contribution in [0.1, 0.15) is 56.1 Å². The molecule has 34 heavy (non-hydrogen) atoms. The second kappa shape index (κ2) is 11.3. The third-order valence-corrected chi connectivity index (χ3v) is 6.82. The Morgan fingerprint density at radius 3 is 2.21 bits per heavy atom. The molecular formula is C26H31F4NO3. The van der Waals surface area contributed by atoms with E-state index in [0.717, 1.165) is 39.0 Å². The number of benzene rings is 2. The lowest BCUT2D eigenvalue weighted by molar-refractivity contribution is -0.192. The minimum absolute atomic E-state index is 0.0477. The van der Waals surface area contributed by atoms with Crippen LogP contribution >= 0.6 is 0 Å². The fourth-order valence-corrected chi connectivity index (χ4v) is 5.12. The van der Waals surface area contributed by atoms with Crippen LogP contribution in [0.5, 0.6) is 0 Å². The van der Waals surface area contributed by atoms with Gasteiger partial charge in [0.15, 0.2) is 0 Å². The number of aliphatic carboxylic acids is 1. The number of rotatable bonds is 6. The lowest BCUT2D eigenvalue weighted by Gasteiger charge is -2.47. The number of carbonyl (C=O) groups is 1. The van der Waals surface area contributed by atoms with Crippen LogP contribution in [-0.2, 0) is 21.5 Å². The maximum Gasteiger partial charge on any atom is 0.490 e. The summed E-state index contributed by atoms with van der Waals surface area (Å²) in [6, 6.07) is 17.8. The van der Waals surface area contributed by atoms with Crippen molar-refractivity contribution in [1.82, 2.24) is 5.32 Å². The minimum Gasteiger partial charge on any atom is -0.475 e. The summed E-state index contributed by atoms with van der Waals surface area (Å²) in [6.45, 7) is 2.67. The van der Waals surface area contributed by atoms with Crippen LogP contribution in [0.2, 0.25) is 0 Å². The standard InChI is InChI=1S/C24H30FNO.C2HF3O2/c25-22-10-8-21(9-11-22)23(14-16-26-18-20-6-2-1-3-7-20)15-17-27-24(19-23)12-4-5-13-24;3-2(4,5)1(6)7/h1-3,6-11,26H,4-5,12-19H2;(H,6,7). The second-order valence-electron chi connectivity index (χ2n) is 9.17. The molecule has 1 unspecified atom stereocenters. The quantitative estimate of drug-likeness (QED) is 0.393. The number of carboxylic acid groups (broad SMARTS) is 1. The Hall–Kier alpha value is -2.45. The molecule has 2 N–H and O–H groups in total. The highest BCUT2D eigenvalue weighted by molar-refractivity contribution is 5.73. The van der Waals surface area contributed by atoms with E-state index in [4.69, 9.17) is 14.6 Å². The van der Waals surface area contributed by atoms with Gasteiger partial charge in [-0.2, -0.15) is 13.2 Å². The van der Waals surface area contributed by atoms with Crippen molar-refractivity contribution in [3.63, 3.8) is 0 Å². The number of ether oxygens (including phenoxy) is 1. The molecule has 4 nitrogen and oxygen atoms in total. The smallest absolute Gasteiger partial charge is 0.475 e. The van der Waals surface area contributed by atoms with E-state index in [-0.39, 0.29) is 16.8 Å². The average Bonchev–Trinajstić information content (AvgIpc) is 3.25. The molecule has 4 rings (SSSR count). The highest BCUT2D eigenvalue weighted by Gasteiger charge is 2.47. The minimum atomic E-state index is -5.08. The van der Waals surface area contributed by atoms with Gasteiger partial charge in [-0.05, 0) is 61.9 Å². The molecule has 1 atom stereocenters. The molecule has 1 aliphatic carbocycles. The van der Waals surface area contributed by atoms with Gasteiger partial charge in [-0.25, -0.2) is 9.18 Å². The van der Waals surface area contributed by atoms with E-state index in [2.05, 4.69) is 35.6 Å². The van der Waals surface area contributed by atoms with Gasteiger partial charge in [0.2, 0.25) is 0 Å². The zero-order valence-corrected chi connectivity index (χ0v) is 19.0. The molecule has 8 heteroatoms. The highest BCUT2D eigenvalue weighted by atomic mass is 19.4. The summed E-state index contributed by atoms with van der Waals surface area (Å²) in [7, 11) is 0. The summed E-state index contributed by atoms with van der Waals surface area (Å²) in [6.07, 6.45) is 2.96. The summed E-state index contributed by atoms with van der Waals surface area (Å²) in [4.78, 5) is 8.90. The summed E-state index contributed by atoms with van der Waals surface area (Å²) in [5.74, 6) is -2.91. The third-order valence-electron chi connectivity index (χ3n) is 6.82. The Morgan fingerprint density at radius 2 is 1.62 bits per heavy atom. The molecule has 1 heterocycles. The maximum atomic E-state index is 13.5. The maximum absolute atomic E-state index is 13.5. The lowest BCUT2D eigenvalue weighted by atomic mass is 9.66. The molecule has 2 aromatic carbocycles. The molecule has 2 fully saturated rings. The Bertz CT molecular complexity index is 912. The number of carboxylic acids is 1. The van der Waals surface area contributed by atoms with Crippen molar-refractivity contribution in [3.8, 4) is 0 Å². The van der Waals surface area contributed by atoms with Gasteiger partial charge in [-0.15, -0.1) is 0 Å². The number of halogens is 4. The van der Waals surface area contributed by atoms with Gasteiger partial charge < -0.3 is 15.2 Å². The first-order chi connectivity index (χ1) is 16.1. The monoisotopic (exact) mass is 481 g/mol. The van der Waals surface area contributed by atoms with Gasteiger partial charge in [-0.3, -0.25) is 0 Å². The fourth-order valence-electron chi connectivity index (χ4n) is 5.12. The normalized spacial score (nSPS) is 21.6. The van der Waals surface area contributed by atoms with E-state index in [9.17, 15) is 17.6 Å². The molecule has 0 bridgehead atoms. The van der Waals surface area contributed by atoms with Crippen molar-refractivity contribution in [3.05, 3.63) is 71.5 Å². The molecule has 1 saturated heterocycles. The SMILES string of the molecule is Fc1ccc(C2(CCNCc3ccccc3)CCOC3(CCCC3)C2)cc1.O=C(O)C(F)(F)F. The van der Waals surface area contributed by atoms with Crippen molar-refractivity contribution >= 4 is 5.97 Å². The molecule has 1 saturated carbocycles. The Labute approximate surface area is 197 Å². The van der Waals surface area contributed by atoms with Crippen molar-refractivity contribution in [2.24, 2.45) is 0 Å². The first-order valence-corrected chi connectivity index (χ1v) is 11.6. The average molecular weight is 482 g/mol. The predicted molar refractivity (Wildman–Crippen MR) is 121 cm³/mol. The Balaban J connectivity index is 0.000000406. The van der Waals surface area contributed by atoms with Crippen LogP contribution < -0.4 is 5.32 Å². The topological polar surface area (TPSA) is 58.6 Å². The largest absolute Gasteiger partial charge is 0.490 e. The van der Waals surface area contributed by atoms with Crippen LogP contribution in [0, 0.1) is 5.82 Å². The van der Waals surface area contributed by atoms with Crippen LogP contribution in [0.3, 0.4) is 0 Å².